The number of aliphatic hydroxyl groups is 1. The van der Waals surface area contributed by atoms with E-state index in [1.807, 2.05) is 0 Å². The number of rotatable bonds is 7. The van der Waals surface area contributed by atoms with E-state index in [2.05, 4.69) is 5.32 Å². The number of sulfonamides is 1. The van der Waals surface area contributed by atoms with Crippen LogP contribution in [0.3, 0.4) is 0 Å². The molecule has 2 N–H and O–H groups in total. The van der Waals surface area contributed by atoms with Crippen LogP contribution in [0.15, 0.2) is 52.0 Å². The van der Waals surface area contributed by atoms with Crippen LogP contribution in [0.2, 0.25) is 0 Å². The Bertz CT molecular complexity index is 809. The second kappa shape index (κ2) is 7.38. The van der Waals surface area contributed by atoms with Gasteiger partial charge in [0.25, 0.3) is 5.91 Å². The summed E-state index contributed by atoms with van der Waals surface area (Å²) in [7, 11) is -0.650. The van der Waals surface area contributed by atoms with Gasteiger partial charge in [0.1, 0.15) is 5.76 Å². The van der Waals surface area contributed by atoms with Crippen molar-refractivity contribution in [2.75, 3.05) is 20.6 Å². The van der Waals surface area contributed by atoms with Crippen LogP contribution in [-0.2, 0) is 16.4 Å². The summed E-state index contributed by atoms with van der Waals surface area (Å²) >= 11 is 0. The zero-order chi connectivity index (χ0) is 18.7. The minimum Gasteiger partial charge on any atom is -0.469 e. The summed E-state index contributed by atoms with van der Waals surface area (Å²) in [6, 6.07) is 9.12. The van der Waals surface area contributed by atoms with Crippen LogP contribution in [0.5, 0.6) is 0 Å². The molecule has 25 heavy (non-hydrogen) atoms. The van der Waals surface area contributed by atoms with Gasteiger partial charge in [-0.25, -0.2) is 12.7 Å². The summed E-state index contributed by atoms with van der Waals surface area (Å²) in [6.07, 6.45) is 1.79. The molecule has 1 aromatic heterocycles. The van der Waals surface area contributed by atoms with Gasteiger partial charge >= 0.3 is 0 Å². The number of amides is 1. The maximum atomic E-state index is 12.2. The Balaban J connectivity index is 1.99. The maximum Gasteiger partial charge on any atom is 0.251 e. The molecule has 1 aromatic carbocycles. The molecule has 1 amide bonds. The molecule has 0 saturated carbocycles. The first-order chi connectivity index (χ1) is 11.6. The van der Waals surface area contributed by atoms with Crippen LogP contribution in [0.1, 0.15) is 23.0 Å². The number of nitrogens with one attached hydrogen (secondary N) is 1. The van der Waals surface area contributed by atoms with Crippen LogP contribution in [0.4, 0.5) is 0 Å². The lowest BCUT2D eigenvalue weighted by Crippen LogP contribution is -2.42. The molecule has 1 atom stereocenters. The van der Waals surface area contributed by atoms with Crippen LogP contribution >= 0.6 is 0 Å². The quantitative estimate of drug-likeness (QED) is 0.768. The van der Waals surface area contributed by atoms with E-state index in [1.165, 1.54) is 44.6 Å². The van der Waals surface area contributed by atoms with Crippen molar-refractivity contribution in [2.24, 2.45) is 0 Å². The van der Waals surface area contributed by atoms with Crippen molar-refractivity contribution in [3.05, 3.63) is 54.0 Å². The van der Waals surface area contributed by atoms with Crippen molar-refractivity contribution in [1.29, 1.82) is 0 Å². The maximum absolute atomic E-state index is 12.2. The molecule has 2 aromatic rings. The van der Waals surface area contributed by atoms with E-state index >= 15 is 0 Å². The number of hydrogen-bond acceptors (Lipinski definition) is 5. The largest absolute Gasteiger partial charge is 0.469 e. The van der Waals surface area contributed by atoms with E-state index in [1.54, 1.807) is 19.1 Å². The Kier molecular flexibility index (Phi) is 5.66. The molecule has 8 heteroatoms. The van der Waals surface area contributed by atoms with E-state index < -0.39 is 21.5 Å². The first kappa shape index (κ1) is 19.2. The van der Waals surface area contributed by atoms with E-state index in [4.69, 9.17) is 4.42 Å². The molecule has 2 rings (SSSR count). The van der Waals surface area contributed by atoms with Crippen molar-refractivity contribution < 1.29 is 22.7 Å². The highest BCUT2D eigenvalue weighted by Crippen LogP contribution is 2.15. The average Bonchev–Trinajstić information content (AvgIpc) is 3.05. The summed E-state index contributed by atoms with van der Waals surface area (Å²) in [5.41, 5.74) is -0.853. The predicted octanol–water partition coefficient (Wildman–Crippen LogP) is 1.25. The summed E-state index contributed by atoms with van der Waals surface area (Å²) in [6.45, 7) is 1.63. The minimum absolute atomic E-state index is 0.0320. The average molecular weight is 366 g/mol. The summed E-state index contributed by atoms with van der Waals surface area (Å²) in [5, 5.41) is 13.0. The van der Waals surface area contributed by atoms with Crippen LogP contribution in [0.25, 0.3) is 0 Å². The molecule has 0 bridgehead atoms. The molecule has 0 aliphatic rings. The van der Waals surface area contributed by atoms with Gasteiger partial charge in [-0.3, -0.25) is 4.79 Å². The number of carbonyl (C=O) groups excluding carboxylic acids is 1. The molecule has 0 radical (unpaired) electrons. The zero-order valence-corrected chi connectivity index (χ0v) is 15.2. The topological polar surface area (TPSA) is 99.9 Å². The highest BCUT2D eigenvalue weighted by Gasteiger charge is 2.24. The number of benzene rings is 1. The fourth-order valence-corrected chi connectivity index (χ4v) is 3.11. The highest BCUT2D eigenvalue weighted by atomic mass is 32.2. The Labute approximate surface area is 147 Å². The second-order valence-electron chi connectivity index (χ2n) is 6.25. The number of carbonyl (C=O) groups is 1. The lowest BCUT2D eigenvalue weighted by molar-refractivity contribution is 0.0510. The van der Waals surface area contributed by atoms with E-state index in [0.717, 1.165) is 4.31 Å². The van der Waals surface area contributed by atoms with E-state index in [0.29, 0.717) is 11.3 Å². The number of nitrogens with zero attached hydrogens (tertiary/aromatic N) is 1. The van der Waals surface area contributed by atoms with Crippen molar-refractivity contribution in [3.63, 3.8) is 0 Å². The van der Waals surface area contributed by atoms with Crippen molar-refractivity contribution >= 4 is 15.9 Å². The Morgan fingerprint density at radius 1 is 1.24 bits per heavy atom. The fourth-order valence-electron chi connectivity index (χ4n) is 2.21. The molecule has 7 nitrogen and oxygen atoms in total. The van der Waals surface area contributed by atoms with Gasteiger partial charge in [-0.15, -0.1) is 0 Å². The third-order valence-corrected chi connectivity index (χ3v) is 5.49. The lowest BCUT2D eigenvalue weighted by atomic mass is 10.0. The minimum atomic E-state index is -3.53. The van der Waals surface area contributed by atoms with Gasteiger partial charge in [-0.1, -0.05) is 0 Å². The molecular formula is C17H22N2O5S. The van der Waals surface area contributed by atoms with Gasteiger partial charge in [-0.05, 0) is 43.3 Å². The molecule has 0 fully saturated rings. The molecule has 0 spiro atoms. The normalized spacial score (nSPS) is 14.3. The number of furan rings is 1. The molecule has 0 aliphatic heterocycles. The van der Waals surface area contributed by atoms with Crippen LogP contribution in [0, 0.1) is 0 Å². The van der Waals surface area contributed by atoms with Gasteiger partial charge in [0.2, 0.25) is 10.0 Å². The summed E-state index contributed by atoms with van der Waals surface area (Å²) in [5.74, 6) is 0.228. The summed E-state index contributed by atoms with van der Waals surface area (Å²) < 4.78 is 30.3. The monoisotopic (exact) mass is 366 g/mol. The molecule has 1 unspecified atom stereocenters. The Hall–Kier alpha value is -2.16. The van der Waals surface area contributed by atoms with Crippen LogP contribution in [-0.4, -0.2) is 50.0 Å². The van der Waals surface area contributed by atoms with Gasteiger partial charge in [0.15, 0.2) is 0 Å². The Morgan fingerprint density at radius 3 is 2.40 bits per heavy atom. The SMILES string of the molecule is CN(C)S(=O)(=O)c1ccc(C(=O)NCC(C)(O)Cc2ccco2)cc1. The first-order valence-electron chi connectivity index (χ1n) is 7.67. The highest BCUT2D eigenvalue weighted by molar-refractivity contribution is 7.89. The van der Waals surface area contributed by atoms with Gasteiger partial charge in [0, 0.05) is 32.6 Å². The standard InChI is InChI=1S/C17H22N2O5S/c1-17(21,11-14-5-4-10-24-14)12-18-16(20)13-6-8-15(9-7-13)25(22,23)19(2)3/h4-10,21H,11-12H2,1-3H3,(H,18,20). The van der Waals surface area contributed by atoms with Crippen LogP contribution < -0.4 is 5.32 Å². The summed E-state index contributed by atoms with van der Waals surface area (Å²) in [4.78, 5) is 12.3. The molecule has 1 heterocycles. The predicted molar refractivity (Wildman–Crippen MR) is 92.7 cm³/mol. The van der Waals surface area contributed by atoms with Crippen molar-refractivity contribution in [1.82, 2.24) is 9.62 Å². The van der Waals surface area contributed by atoms with Crippen molar-refractivity contribution in [3.8, 4) is 0 Å². The first-order valence-corrected chi connectivity index (χ1v) is 9.11. The number of hydrogen-bond donors (Lipinski definition) is 2. The molecule has 0 saturated heterocycles. The van der Waals surface area contributed by atoms with E-state index in [-0.39, 0.29) is 17.9 Å². The molecule has 136 valence electrons. The van der Waals surface area contributed by atoms with Gasteiger partial charge in [0.05, 0.1) is 16.8 Å². The zero-order valence-electron chi connectivity index (χ0n) is 14.4. The van der Waals surface area contributed by atoms with Crippen molar-refractivity contribution in [2.45, 2.75) is 23.8 Å². The van der Waals surface area contributed by atoms with E-state index in [9.17, 15) is 18.3 Å². The second-order valence-corrected chi connectivity index (χ2v) is 8.40. The fraction of sp³-hybridized carbons (Fsp3) is 0.353. The van der Waals surface area contributed by atoms with Gasteiger partial charge in [-0.2, -0.15) is 0 Å². The lowest BCUT2D eigenvalue weighted by Gasteiger charge is -2.22. The molecule has 0 aliphatic carbocycles. The van der Waals surface area contributed by atoms with Gasteiger partial charge < -0.3 is 14.8 Å². The third-order valence-electron chi connectivity index (χ3n) is 3.66. The smallest absolute Gasteiger partial charge is 0.251 e. The third kappa shape index (κ3) is 4.91. The Morgan fingerprint density at radius 2 is 1.88 bits per heavy atom. The molecular weight excluding hydrogens is 344 g/mol.